The average Bonchev–Trinajstić information content (AvgIpc) is 2.97. The van der Waals surface area contributed by atoms with Gasteiger partial charge >= 0.3 is 11.9 Å². The van der Waals surface area contributed by atoms with Crippen LogP contribution in [-0.2, 0) is 19.6 Å². The lowest BCUT2D eigenvalue weighted by Gasteiger charge is -2.29. The number of carboxylic acid groups (broad SMARTS) is 1. The number of hydrogen-bond donors (Lipinski definition) is 1. The summed E-state index contributed by atoms with van der Waals surface area (Å²) in [4.78, 5) is 22.4. The fourth-order valence-electron chi connectivity index (χ4n) is 2.21. The molecule has 1 aromatic rings. The van der Waals surface area contributed by atoms with Crippen molar-refractivity contribution in [3.8, 4) is 0 Å². The van der Waals surface area contributed by atoms with E-state index < -0.39 is 27.9 Å². The Kier molecular flexibility index (Phi) is 4.64. The van der Waals surface area contributed by atoms with Crippen LogP contribution in [0, 0.1) is 5.92 Å². The number of hydrogen-bond acceptors (Lipinski definition) is 6. The monoisotopic (exact) mass is 333 g/mol. The van der Waals surface area contributed by atoms with E-state index >= 15 is 0 Å². The third-order valence-electron chi connectivity index (χ3n) is 3.34. The van der Waals surface area contributed by atoms with E-state index in [9.17, 15) is 18.0 Å². The van der Waals surface area contributed by atoms with E-state index in [1.54, 1.807) is 0 Å². The van der Waals surface area contributed by atoms with Crippen molar-refractivity contribution in [3.05, 3.63) is 17.0 Å². The van der Waals surface area contributed by atoms with E-state index in [2.05, 4.69) is 4.74 Å². The molecule has 1 N–H and O–H groups in total. The van der Waals surface area contributed by atoms with Crippen molar-refractivity contribution in [1.82, 2.24) is 4.31 Å². The molecule has 9 heteroatoms. The number of carboxylic acids is 1. The van der Waals surface area contributed by atoms with Crippen LogP contribution in [0.4, 0.5) is 0 Å². The topological polar surface area (TPSA) is 101 Å². The summed E-state index contributed by atoms with van der Waals surface area (Å²) in [6, 6.07) is 1.14. The highest BCUT2D eigenvalue weighted by molar-refractivity contribution is 7.91. The van der Waals surface area contributed by atoms with E-state index in [1.165, 1.54) is 16.8 Å². The summed E-state index contributed by atoms with van der Waals surface area (Å²) in [7, 11) is -2.50. The Bertz CT molecular complexity index is 650. The van der Waals surface area contributed by atoms with Gasteiger partial charge in [-0.05, 0) is 18.9 Å². The van der Waals surface area contributed by atoms with Gasteiger partial charge < -0.3 is 9.84 Å². The van der Waals surface area contributed by atoms with Crippen LogP contribution < -0.4 is 0 Å². The highest BCUT2D eigenvalue weighted by atomic mass is 32.2. The van der Waals surface area contributed by atoms with Gasteiger partial charge in [0.05, 0.1) is 18.6 Å². The van der Waals surface area contributed by atoms with Crippen LogP contribution in [0.1, 0.15) is 23.2 Å². The Labute approximate surface area is 126 Å². The zero-order valence-electron chi connectivity index (χ0n) is 11.3. The summed E-state index contributed by atoms with van der Waals surface area (Å²) in [6.45, 7) is 0.380. The molecule has 0 bridgehead atoms. The lowest BCUT2D eigenvalue weighted by Crippen LogP contribution is -2.42. The van der Waals surface area contributed by atoms with Crippen molar-refractivity contribution in [2.24, 2.45) is 5.92 Å². The molecule has 1 saturated heterocycles. The first kappa shape index (κ1) is 15.9. The second kappa shape index (κ2) is 6.12. The first-order valence-corrected chi connectivity index (χ1v) is 8.58. The first-order valence-electron chi connectivity index (χ1n) is 6.26. The maximum atomic E-state index is 12.5. The number of rotatable bonds is 4. The van der Waals surface area contributed by atoms with Gasteiger partial charge in [0, 0.05) is 18.5 Å². The van der Waals surface area contributed by atoms with Crippen LogP contribution in [0.15, 0.2) is 15.7 Å². The number of piperidine rings is 1. The van der Waals surface area contributed by atoms with Crippen molar-refractivity contribution in [1.29, 1.82) is 0 Å². The first-order chi connectivity index (χ1) is 9.86. The third kappa shape index (κ3) is 3.25. The van der Waals surface area contributed by atoms with Gasteiger partial charge in [0.2, 0.25) is 0 Å². The number of carbonyl (C=O) groups is 2. The lowest BCUT2D eigenvalue weighted by molar-refractivity contribution is -0.146. The van der Waals surface area contributed by atoms with Crippen molar-refractivity contribution in [2.45, 2.75) is 17.1 Å². The molecule has 1 atom stereocenters. The largest absolute Gasteiger partial charge is 0.478 e. The van der Waals surface area contributed by atoms with Crippen LogP contribution in [0.3, 0.4) is 0 Å². The van der Waals surface area contributed by atoms with E-state index in [0.717, 1.165) is 17.4 Å². The molecule has 7 nitrogen and oxygen atoms in total. The minimum atomic E-state index is -3.77. The van der Waals surface area contributed by atoms with Crippen LogP contribution in [-0.4, -0.2) is 50.0 Å². The second-order valence-corrected chi connectivity index (χ2v) is 7.76. The van der Waals surface area contributed by atoms with E-state index in [0.29, 0.717) is 19.4 Å². The summed E-state index contributed by atoms with van der Waals surface area (Å²) in [5.74, 6) is -2.07. The zero-order chi connectivity index (χ0) is 15.6. The van der Waals surface area contributed by atoms with Gasteiger partial charge in [-0.25, -0.2) is 13.2 Å². The predicted octanol–water partition coefficient (Wildman–Crippen LogP) is 1.02. The standard InChI is InChI=1S/C12H15NO6S2/c1-19-12(16)8-3-2-4-13(6-8)21(17,18)10-5-9(7-20-10)11(14)15/h5,7-8H,2-4,6H2,1H3,(H,14,15). The summed E-state index contributed by atoms with van der Waals surface area (Å²) in [6.07, 6.45) is 1.15. The molecular formula is C12H15NO6S2. The number of ether oxygens (including phenoxy) is 1. The van der Waals surface area contributed by atoms with Crippen LogP contribution in [0.2, 0.25) is 0 Å². The van der Waals surface area contributed by atoms with Crippen LogP contribution in [0.25, 0.3) is 0 Å². The molecule has 1 aromatic heterocycles. The van der Waals surface area contributed by atoms with E-state index in [-0.39, 0.29) is 16.3 Å². The minimum absolute atomic E-state index is 0.0228. The summed E-state index contributed by atoms with van der Waals surface area (Å²) >= 11 is 0.867. The molecule has 0 aliphatic carbocycles. The van der Waals surface area contributed by atoms with Crippen LogP contribution >= 0.6 is 11.3 Å². The number of thiophene rings is 1. The predicted molar refractivity (Wildman–Crippen MR) is 74.8 cm³/mol. The van der Waals surface area contributed by atoms with Gasteiger partial charge in [-0.3, -0.25) is 4.79 Å². The molecule has 21 heavy (non-hydrogen) atoms. The summed E-state index contributed by atoms with van der Waals surface area (Å²) in [5, 5.41) is 10.1. The molecule has 0 aromatic carbocycles. The Morgan fingerprint density at radius 1 is 1.48 bits per heavy atom. The molecule has 116 valence electrons. The quantitative estimate of drug-likeness (QED) is 0.826. The highest BCUT2D eigenvalue weighted by Crippen LogP contribution is 2.28. The van der Waals surface area contributed by atoms with Crippen molar-refractivity contribution >= 4 is 33.3 Å². The number of nitrogens with zero attached hydrogens (tertiary/aromatic N) is 1. The summed E-state index contributed by atoms with van der Waals surface area (Å²) < 4.78 is 30.8. The Morgan fingerprint density at radius 3 is 2.76 bits per heavy atom. The maximum Gasteiger partial charge on any atom is 0.336 e. The molecule has 1 unspecified atom stereocenters. The maximum absolute atomic E-state index is 12.5. The fourth-order valence-corrected chi connectivity index (χ4v) is 5.04. The normalized spacial score (nSPS) is 20.1. The zero-order valence-corrected chi connectivity index (χ0v) is 12.9. The molecule has 1 aliphatic heterocycles. The van der Waals surface area contributed by atoms with E-state index in [4.69, 9.17) is 5.11 Å². The van der Waals surface area contributed by atoms with Gasteiger partial charge in [-0.1, -0.05) is 0 Å². The second-order valence-electron chi connectivity index (χ2n) is 4.68. The van der Waals surface area contributed by atoms with Gasteiger partial charge in [-0.2, -0.15) is 4.31 Å². The molecule has 0 radical (unpaired) electrons. The molecule has 0 saturated carbocycles. The number of carbonyl (C=O) groups excluding carboxylic acids is 1. The Balaban J connectivity index is 2.22. The molecule has 1 aliphatic rings. The number of aromatic carboxylic acids is 1. The molecular weight excluding hydrogens is 318 g/mol. The van der Waals surface area contributed by atoms with Gasteiger partial charge in [0.25, 0.3) is 10.0 Å². The van der Waals surface area contributed by atoms with Crippen LogP contribution in [0.5, 0.6) is 0 Å². The molecule has 2 rings (SSSR count). The fraction of sp³-hybridized carbons (Fsp3) is 0.500. The SMILES string of the molecule is COC(=O)C1CCCN(S(=O)(=O)c2cc(C(=O)O)cs2)C1. The van der Waals surface area contributed by atoms with Gasteiger partial charge in [0.15, 0.2) is 0 Å². The van der Waals surface area contributed by atoms with E-state index in [1.807, 2.05) is 0 Å². The average molecular weight is 333 g/mol. The van der Waals surface area contributed by atoms with Crippen molar-refractivity contribution < 1.29 is 27.9 Å². The van der Waals surface area contributed by atoms with Crippen molar-refractivity contribution in [2.75, 3.05) is 20.2 Å². The third-order valence-corrected chi connectivity index (χ3v) is 6.62. The number of esters is 1. The Hall–Kier alpha value is -1.45. The summed E-state index contributed by atoms with van der Waals surface area (Å²) in [5.41, 5.74) is -0.0555. The smallest absolute Gasteiger partial charge is 0.336 e. The Morgan fingerprint density at radius 2 is 2.19 bits per heavy atom. The number of sulfonamides is 1. The number of methoxy groups -OCH3 is 1. The van der Waals surface area contributed by atoms with Gasteiger partial charge in [-0.15, -0.1) is 11.3 Å². The highest BCUT2D eigenvalue weighted by Gasteiger charge is 2.34. The van der Waals surface area contributed by atoms with Crippen molar-refractivity contribution in [3.63, 3.8) is 0 Å². The lowest BCUT2D eigenvalue weighted by atomic mass is 10.0. The van der Waals surface area contributed by atoms with Gasteiger partial charge in [0.1, 0.15) is 4.21 Å². The molecule has 0 spiro atoms. The molecule has 0 amide bonds. The molecule has 2 heterocycles. The molecule has 1 fully saturated rings. The minimum Gasteiger partial charge on any atom is -0.478 e.